The van der Waals surface area contributed by atoms with Gasteiger partial charge in [-0.2, -0.15) is 0 Å². The van der Waals surface area contributed by atoms with Crippen molar-refractivity contribution in [2.45, 2.75) is 13.0 Å². The summed E-state index contributed by atoms with van der Waals surface area (Å²) in [5, 5.41) is 12.3. The molecule has 1 aromatic carbocycles. The van der Waals surface area contributed by atoms with Gasteiger partial charge in [-0.1, -0.05) is 0 Å². The fraction of sp³-hybridized carbons (Fsp3) is 0.389. The lowest BCUT2D eigenvalue weighted by molar-refractivity contribution is -0.892. The van der Waals surface area contributed by atoms with Crippen LogP contribution in [0.3, 0.4) is 0 Å². The number of phenolic OH excluding ortho intramolecular Hbond substituents is 1. The van der Waals surface area contributed by atoms with E-state index in [4.69, 9.17) is 4.42 Å². The van der Waals surface area contributed by atoms with E-state index in [-0.39, 0.29) is 17.7 Å². The number of quaternary nitrogens is 1. The summed E-state index contributed by atoms with van der Waals surface area (Å²) in [7, 11) is 0. The van der Waals surface area contributed by atoms with Crippen LogP contribution in [0, 0.1) is 0 Å². The number of nitrogens with one attached hydrogen (secondary N) is 2. The van der Waals surface area contributed by atoms with Crippen molar-refractivity contribution in [3.63, 3.8) is 0 Å². The number of benzene rings is 1. The van der Waals surface area contributed by atoms with Gasteiger partial charge in [-0.3, -0.25) is 4.79 Å². The Kier molecular flexibility index (Phi) is 5.05. The highest BCUT2D eigenvalue weighted by molar-refractivity contribution is 5.77. The predicted octanol–water partition coefficient (Wildman–Crippen LogP) is 0.568. The molecule has 1 fully saturated rings. The van der Waals surface area contributed by atoms with Crippen molar-refractivity contribution in [3.05, 3.63) is 48.4 Å². The molecule has 3 N–H and O–H groups in total. The van der Waals surface area contributed by atoms with Crippen LogP contribution in [-0.2, 0) is 4.79 Å². The van der Waals surface area contributed by atoms with Crippen molar-refractivity contribution in [1.29, 1.82) is 0 Å². The third-order valence-corrected chi connectivity index (χ3v) is 4.44. The topological polar surface area (TPSA) is 70.2 Å². The third-order valence-electron chi connectivity index (χ3n) is 4.44. The maximum absolute atomic E-state index is 12.2. The largest absolute Gasteiger partial charge is 0.508 e. The van der Waals surface area contributed by atoms with Gasteiger partial charge in [0.1, 0.15) is 11.5 Å². The second kappa shape index (κ2) is 7.40. The molecular weight excluding hydrogens is 306 g/mol. The number of aromatic hydroxyl groups is 1. The maximum Gasteiger partial charge on any atom is 0.275 e. The van der Waals surface area contributed by atoms with Gasteiger partial charge in [0.2, 0.25) is 0 Å². The summed E-state index contributed by atoms with van der Waals surface area (Å²) in [6, 6.07) is 10.9. The molecule has 0 spiro atoms. The lowest BCUT2D eigenvalue weighted by Gasteiger charge is -2.33. The second-order valence-electron chi connectivity index (χ2n) is 6.23. The van der Waals surface area contributed by atoms with Crippen LogP contribution < -0.4 is 15.1 Å². The summed E-state index contributed by atoms with van der Waals surface area (Å²) in [6.45, 7) is 6.05. The average molecular weight is 330 g/mol. The molecule has 1 amide bonds. The Bertz CT molecular complexity index is 647. The number of phenols is 1. The van der Waals surface area contributed by atoms with E-state index >= 15 is 0 Å². The fourth-order valence-corrected chi connectivity index (χ4v) is 3.05. The molecule has 1 aromatic heterocycles. The zero-order valence-corrected chi connectivity index (χ0v) is 13.9. The summed E-state index contributed by atoms with van der Waals surface area (Å²) >= 11 is 0. The minimum Gasteiger partial charge on any atom is -0.508 e. The molecule has 0 bridgehead atoms. The minimum atomic E-state index is -0.106. The Morgan fingerprint density at radius 1 is 1.29 bits per heavy atom. The van der Waals surface area contributed by atoms with Gasteiger partial charge in [0.25, 0.3) is 5.91 Å². The number of anilines is 1. The number of furan rings is 1. The van der Waals surface area contributed by atoms with Crippen LogP contribution in [-0.4, -0.2) is 43.7 Å². The van der Waals surface area contributed by atoms with Crippen LogP contribution in [0.5, 0.6) is 5.75 Å². The summed E-state index contributed by atoms with van der Waals surface area (Å²) in [5.41, 5.74) is 1.11. The van der Waals surface area contributed by atoms with Crippen LogP contribution in [0.25, 0.3) is 0 Å². The molecule has 24 heavy (non-hydrogen) atoms. The zero-order valence-electron chi connectivity index (χ0n) is 13.9. The highest BCUT2D eigenvalue weighted by Gasteiger charge is 2.23. The van der Waals surface area contributed by atoms with Gasteiger partial charge in [-0.05, 0) is 43.3 Å². The first-order valence-electron chi connectivity index (χ1n) is 8.32. The Balaban J connectivity index is 1.45. The van der Waals surface area contributed by atoms with E-state index in [1.807, 2.05) is 31.2 Å². The van der Waals surface area contributed by atoms with E-state index in [1.54, 1.807) is 18.4 Å². The molecule has 3 rings (SSSR count). The van der Waals surface area contributed by atoms with Gasteiger partial charge < -0.3 is 24.6 Å². The second-order valence-corrected chi connectivity index (χ2v) is 6.23. The van der Waals surface area contributed by atoms with Gasteiger partial charge in [0.05, 0.1) is 38.5 Å². The summed E-state index contributed by atoms with van der Waals surface area (Å²) in [6.07, 6.45) is 1.62. The number of carbonyl (C=O) groups is 1. The van der Waals surface area contributed by atoms with Gasteiger partial charge in [0, 0.05) is 5.69 Å². The monoisotopic (exact) mass is 330 g/mol. The van der Waals surface area contributed by atoms with Gasteiger partial charge in [-0.25, -0.2) is 0 Å². The van der Waals surface area contributed by atoms with Crippen molar-refractivity contribution >= 4 is 11.6 Å². The summed E-state index contributed by atoms with van der Waals surface area (Å²) in [5.74, 6) is 1.10. The molecule has 2 aromatic rings. The van der Waals surface area contributed by atoms with E-state index in [0.717, 1.165) is 37.6 Å². The number of hydrogen-bond acceptors (Lipinski definition) is 4. The number of piperazine rings is 1. The molecule has 2 heterocycles. The van der Waals surface area contributed by atoms with Gasteiger partial charge in [-0.15, -0.1) is 0 Å². The van der Waals surface area contributed by atoms with Crippen molar-refractivity contribution in [2.75, 3.05) is 37.6 Å². The van der Waals surface area contributed by atoms with E-state index in [1.165, 1.54) is 4.90 Å². The first-order valence-corrected chi connectivity index (χ1v) is 8.32. The fourth-order valence-electron chi connectivity index (χ4n) is 3.05. The van der Waals surface area contributed by atoms with Crippen molar-refractivity contribution in [1.82, 2.24) is 5.32 Å². The van der Waals surface area contributed by atoms with Crippen molar-refractivity contribution in [3.8, 4) is 5.75 Å². The highest BCUT2D eigenvalue weighted by Crippen LogP contribution is 2.18. The van der Waals surface area contributed by atoms with E-state index in [0.29, 0.717) is 6.54 Å². The Morgan fingerprint density at radius 2 is 2.00 bits per heavy atom. The summed E-state index contributed by atoms with van der Waals surface area (Å²) < 4.78 is 5.31. The molecule has 0 saturated carbocycles. The number of hydrogen-bond donors (Lipinski definition) is 3. The third kappa shape index (κ3) is 4.08. The number of rotatable bonds is 5. The molecule has 0 aliphatic carbocycles. The van der Waals surface area contributed by atoms with Crippen LogP contribution in [0.4, 0.5) is 5.69 Å². The van der Waals surface area contributed by atoms with E-state index < -0.39 is 0 Å². The lowest BCUT2D eigenvalue weighted by atomic mass is 10.2. The van der Waals surface area contributed by atoms with Crippen LogP contribution in [0.2, 0.25) is 0 Å². The zero-order chi connectivity index (χ0) is 16.9. The smallest absolute Gasteiger partial charge is 0.275 e. The van der Waals surface area contributed by atoms with Crippen LogP contribution in [0.1, 0.15) is 18.7 Å². The van der Waals surface area contributed by atoms with Gasteiger partial charge >= 0.3 is 0 Å². The molecule has 0 unspecified atom stereocenters. The molecule has 1 aliphatic rings. The molecule has 6 nitrogen and oxygen atoms in total. The predicted molar refractivity (Wildman–Crippen MR) is 91.1 cm³/mol. The molecule has 6 heteroatoms. The lowest BCUT2D eigenvalue weighted by Crippen LogP contribution is -3.15. The van der Waals surface area contributed by atoms with E-state index in [2.05, 4.69) is 10.2 Å². The minimum absolute atomic E-state index is 0.0481. The molecule has 128 valence electrons. The standard InChI is InChI=1S/C18H23N3O3/c1-14(17-3-2-12-24-17)19-18(23)13-20-8-10-21(11-9-20)15-4-6-16(22)7-5-15/h2-7,12,14,22H,8-11,13H2,1H3,(H,19,23)/p+1/t14-/m1/s1. The molecule has 0 radical (unpaired) electrons. The number of nitrogens with zero attached hydrogens (tertiary/aromatic N) is 1. The van der Waals surface area contributed by atoms with Crippen LogP contribution >= 0.6 is 0 Å². The molecule has 1 aliphatic heterocycles. The maximum atomic E-state index is 12.2. The quantitative estimate of drug-likeness (QED) is 0.750. The number of carbonyl (C=O) groups excluding carboxylic acids is 1. The van der Waals surface area contributed by atoms with Crippen molar-refractivity contribution in [2.24, 2.45) is 0 Å². The SMILES string of the molecule is C[C@@H](NC(=O)C[NH+]1CCN(c2ccc(O)cc2)CC1)c1ccco1. The highest BCUT2D eigenvalue weighted by atomic mass is 16.3. The first kappa shape index (κ1) is 16.4. The number of amides is 1. The molecule has 1 atom stereocenters. The summed E-state index contributed by atoms with van der Waals surface area (Å²) in [4.78, 5) is 15.8. The Morgan fingerprint density at radius 3 is 2.62 bits per heavy atom. The van der Waals surface area contributed by atoms with E-state index in [9.17, 15) is 9.90 Å². The average Bonchev–Trinajstić information content (AvgIpc) is 3.11. The van der Waals surface area contributed by atoms with Gasteiger partial charge in [0.15, 0.2) is 6.54 Å². The molecule has 1 saturated heterocycles. The Hall–Kier alpha value is -2.47. The Labute approximate surface area is 141 Å². The van der Waals surface area contributed by atoms with Crippen LogP contribution in [0.15, 0.2) is 47.1 Å². The molecular formula is C18H24N3O3+. The normalized spacial score (nSPS) is 16.8. The van der Waals surface area contributed by atoms with Crippen molar-refractivity contribution < 1.29 is 19.2 Å². The first-order chi connectivity index (χ1) is 11.6.